The molecule has 5 heteroatoms. The second-order valence-electron chi connectivity index (χ2n) is 4.68. The molecular formula is C16H17FN2O2. The van der Waals surface area contributed by atoms with E-state index in [1.165, 1.54) is 6.07 Å². The highest BCUT2D eigenvalue weighted by Crippen LogP contribution is 2.15. The zero-order chi connectivity index (χ0) is 15.2. The van der Waals surface area contributed by atoms with Gasteiger partial charge in [0.05, 0.1) is 13.0 Å². The number of nitrogen functional groups attached to an aromatic ring is 1. The van der Waals surface area contributed by atoms with Crippen LogP contribution in [0.15, 0.2) is 42.5 Å². The Hall–Kier alpha value is -2.56. The van der Waals surface area contributed by atoms with Crippen molar-refractivity contribution in [3.63, 3.8) is 0 Å². The van der Waals surface area contributed by atoms with E-state index in [-0.39, 0.29) is 24.8 Å². The Bertz CT molecular complexity index is 627. The first-order chi connectivity index (χ1) is 10.0. The van der Waals surface area contributed by atoms with Gasteiger partial charge in [-0.05, 0) is 48.9 Å². The fourth-order valence-electron chi connectivity index (χ4n) is 1.72. The van der Waals surface area contributed by atoms with Crippen LogP contribution in [0.5, 0.6) is 5.75 Å². The van der Waals surface area contributed by atoms with Gasteiger partial charge in [0.25, 0.3) is 0 Å². The molecule has 0 radical (unpaired) electrons. The van der Waals surface area contributed by atoms with E-state index in [0.29, 0.717) is 22.7 Å². The molecule has 0 aliphatic carbocycles. The van der Waals surface area contributed by atoms with E-state index in [1.54, 1.807) is 43.3 Å². The Morgan fingerprint density at radius 3 is 2.62 bits per heavy atom. The summed E-state index contributed by atoms with van der Waals surface area (Å²) in [6, 6.07) is 11.5. The average molecular weight is 288 g/mol. The van der Waals surface area contributed by atoms with E-state index >= 15 is 0 Å². The zero-order valence-electron chi connectivity index (χ0n) is 11.7. The zero-order valence-corrected chi connectivity index (χ0v) is 11.7. The predicted molar refractivity (Wildman–Crippen MR) is 80.7 cm³/mol. The molecule has 0 spiro atoms. The summed E-state index contributed by atoms with van der Waals surface area (Å²) in [5.41, 5.74) is 7.20. The van der Waals surface area contributed by atoms with Crippen LogP contribution >= 0.6 is 0 Å². The summed E-state index contributed by atoms with van der Waals surface area (Å²) in [4.78, 5) is 11.7. The highest BCUT2D eigenvalue weighted by atomic mass is 19.1. The smallest absolute Gasteiger partial charge is 0.227 e. The van der Waals surface area contributed by atoms with E-state index in [4.69, 9.17) is 10.5 Å². The summed E-state index contributed by atoms with van der Waals surface area (Å²) in [5.74, 6) is 0.0815. The van der Waals surface area contributed by atoms with E-state index < -0.39 is 0 Å². The SMILES string of the molecule is Cc1ccc(NC(=O)CCOc2ccc(N)cc2)cc1F. The van der Waals surface area contributed by atoms with Gasteiger partial charge in [-0.25, -0.2) is 4.39 Å². The topological polar surface area (TPSA) is 64.3 Å². The summed E-state index contributed by atoms with van der Waals surface area (Å²) < 4.78 is 18.8. The minimum atomic E-state index is -0.342. The first kappa shape index (κ1) is 14.8. The number of halogens is 1. The Morgan fingerprint density at radius 1 is 1.24 bits per heavy atom. The van der Waals surface area contributed by atoms with Crippen LogP contribution in [0.4, 0.5) is 15.8 Å². The average Bonchev–Trinajstić information content (AvgIpc) is 2.45. The summed E-state index contributed by atoms with van der Waals surface area (Å²) in [6.45, 7) is 1.91. The molecule has 0 bridgehead atoms. The monoisotopic (exact) mass is 288 g/mol. The first-order valence-corrected chi connectivity index (χ1v) is 6.59. The lowest BCUT2D eigenvalue weighted by atomic mass is 10.2. The van der Waals surface area contributed by atoms with E-state index in [2.05, 4.69) is 5.32 Å². The maximum atomic E-state index is 13.3. The Balaban J connectivity index is 1.79. The van der Waals surface area contributed by atoms with Crippen molar-refractivity contribution in [2.75, 3.05) is 17.7 Å². The molecule has 0 saturated carbocycles. The molecule has 2 aromatic rings. The third-order valence-corrected chi connectivity index (χ3v) is 2.93. The lowest BCUT2D eigenvalue weighted by Crippen LogP contribution is -2.15. The van der Waals surface area contributed by atoms with Crippen molar-refractivity contribution in [1.29, 1.82) is 0 Å². The minimum absolute atomic E-state index is 0.180. The molecule has 0 aromatic heterocycles. The van der Waals surface area contributed by atoms with E-state index in [0.717, 1.165) is 0 Å². The largest absolute Gasteiger partial charge is 0.493 e. The van der Waals surface area contributed by atoms with E-state index in [9.17, 15) is 9.18 Å². The van der Waals surface area contributed by atoms with Crippen LogP contribution in [0.25, 0.3) is 0 Å². The van der Waals surface area contributed by atoms with Crippen molar-refractivity contribution >= 4 is 17.3 Å². The molecule has 2 rings (SSSR count). The Labute approximate surface area is 122 Å². The van der Waals surface area contributed by atoms with Crippen molar-refractivity contribution in [2.45, 2.75) is 13.3 Å². The molecule has 0 aliphatic heterocycles. The number of nitrogens with one attached hydrogen (secondary N) is 1. The van der Waals surface area contributed by atoms with E-state index in [1.807, 2.05) is 0 Å². The van der Waals surface area contributed by atoms with Gasteiger partial charge in [0.1, 0.15) is 11.6 Å². The van der Waals surface area contributed by atoms with Gasteiger partial charge in [0.15, 0.2) is 0 Å². The number of benzene rings is 2. The van der Waals surface area contributed by atoms with Crippen LogP contribution < -0.4 is 15.8 Å². The lowest BCUT2D eigenvalue weighted by Gasteiger charge is -2.08. The molecule has 110 valence electrons. The number of anilines is 2. The molecule has 0 atom stereocenters. The van der Waals surface area contributed by atoms with Gasteiger partial charge < -0.3 is 15.8 Å². The number of amides is 1. The van der Waals surface area contributed by atoms with Crippen LogP contribution in [-0.4, -0.2) is 12.5 Å². The molecule has 0 aliphatic rings. The molecule has 0 fully saturated rings. The van der Waals surface area contributed by atoms with Gasteiger partial charge in [-0.3, -0.25) is 4.79 Å². The third kappa shape index (κ3) is 4.49. The molecule has 3 N–H and O–H groups in total. The predicted octanol–water partition coefficient (Wildman–Crippen LogP) is 3.12. The fourth-order valence-corrected chi connectivity index (χ4v) is 1.72. The number of carbonyl (C=O) groups excluding carboxylic acids is 1. The first-order valence-electron chi connectivity index (χ1n) is 6.59. The highest BCUT2D eigenvalue weighted by molar-refractivity contribution is 5.90. The van der Waals surface area contributed by atoms with Gasteiger partial charge in [-0.1, -0.05) is 6.07 Å². The van der Waals surface area contributed by atoms with Gasteiger partial charge in [0.2, 0.25) is 5.91 Å². The van der Waals surface area contributed by atoms with Crippen LogP contribution in [-0.2, 0) is 4.79 Å². The van der Waals surface area contributed by atoms with Crippen LogP contribution in [0.1, 0.15) is 12.0 Å². The van der Waals surface area contributed by atoms with Crippen molar-refractivity contribution in [2.24, 2.45) is 0 Å². The molecule has 0 unspecified atom stereocenters. The molecule has 0 heterocycles. The molecule has 2 aromatic carbocycles. The van der Waals surface area contributed by atoms with Crippen molar-refractivity contribution in [3.05, 3.63) is 53.8 Å². The fraction of sp³-hybridized carbons (Fsp3) is 0.188. The van der Waals surface area contributed by atoms with Crippen LogP contribution in [0, 0.1) is 12.7 Å². The summed E-state index contributed by atoms with van der Waals surface area (Å²) >= 11 is 0. The van der Waals surface area contributed by atoms with Gasteiger partial charge in [0, 0.05) is 11.4 Å². The maximum absolute atomic E-state index is 13.3. The number of carbonyl (C=O) groups is 1. The number of rotatable bonds is 5. The van der Waals surface area contributed by atoms with Crippen molar-refractivity contribution in [3.8, 4) is 5.75 Å². The molecule has 0 saturated heterocycles. The molecule has 1 amide bonds. The quantitative estimate of drug-likeness (QED) is 0.831. The second-order valence-corrected chi connectivity index (χ2v) is 4.68. The second kappa shape index (κ2) is 6.74. The summed E-state index contributed by atoms with van der Waals surface area (Å²) in [5, 5.41) is 2.63. The van der Waals surface area contributed by atoms with Crippen molar-refractivity contribution < 1.29 is 13.9 Å². The van der Waals surface area contributed by atoms with Gasteiger partial charge in [-0.2, -0.15) is 0 Å². The molecule has 4 nitrogen and oxygen atoms in total. The number of nitrogens with two attached hydrogens (primary N) is 1. The van der Waals surface area contributed by atoms with Crippen LogP contribution in [0.3, 0.4) is 0 Å². The number of hydrogen-bond acceptors (Lipinski definition) is 3. The standard InChI is InChI=1S/C16H17FN2O2/c1-11-2-5-13(10-15(11)17)19-16(20)8-9-21-14-6-3-12(18)4-7-14/h2-7,10H,8-9,18H2,1H3,(H,19,20). The molecular weight excluding hydrogens is 271 g/mol. The summed E-state index contributed by atoms with van der Waals surface area (Å²) in [7, 11) is 0. The van der Waals surface area contributed by atoms with Crippen molar-refractivity contribution in [1.82, 2.24) is 0 Å². The number of ether oxygens (including phenoxy) is 1. The van der Waals surface area contributed by atoms with Crippen LogP contribution in [0.2, 0.25) is 0 Å². The van der Waals surface area contributed by atoms with Gasteiger partial charge >= 0.3 is 0 Å². The third-order valence-electron chi connectivity index (χ3n) is 2.93. The maximum Gasteiger partial charge on any atom is 0.227 e. The lowest BCUT2D eigenvalue weighted by molar-refractivity contribution is -0.116. The molecule has 21 heavy (non-hydrogen) atoms. The number of aryl methyl sites for hydroxylation is 1. The minimum Gasteiger partial charge on any atom is -0.493 e. The normalized spacial score (nSPS) is 10.2. The summed E-state index contributed by atoms with van der Waals surface area (Å²) in [6.07, 6.45) is 0.180. The Morgan fingerprint density at radius 2 is 1.95 bits per heavy atom. The van der Waals surface area contributed by atoms with Gasteiger partial charge in [-0.15, -0.1) is 0 Å². The highest BCUT2D eigenvalue weighted by Gasteiger charge is 2.05. The number of hydrogen-bond donors (Lipinski definition) is 2. The Kier molecular flexibility index (Phi) is 4.77.